The fraction of sp³-hybridized carbons (Fsp3) is 0.526. The third-order valence-corrected chi connectivity index (χ3v) is 8.50. The van der Waals surface area contributed by atoms with Gasteiger partial charge < -0.3 is 4.90 Å². The summed E-state index contributed by atoms with van der Waals surface area (Å²) >= 11 is 0. The predicted octanol–water partition coefficient (Wildman–Crippen LogP) is 2.44. The van der Waals surface area contributed by atoms with Crippen LogP contribution in [-0.4, -0.2) is 60.4 Å². The summed E-state index contributed by atoms with van der Waals surface area (Å²) in [4.78, 5) is 19.4. The summed E-state index contributed by atoms with van der Waals surface area (Å²) in [6.07, 6.45) is 8.68. The van der Waals surface area contributed by atoms with Crippen LogP contribution >= 0.6 is 0 Å². The van der Waals surface area contributed by atoms with Crippen molar-refractivity contribution in [1.82, 2.24) is 19.7 Å². The van der Waals surface area contributed by atoms with Crippen molar-refractivity contribution in [2.75, 3.05) is 25.1 Å². The third kappa shape index (κ3) is 3.05. The molecule has 4 rings (SSSR count). The normalized spacial score (nSPS) is 27.9. The van der Waals surface area contributed by atoms with Gasteiger partial charge in [-0.15, -0.1) is 0 Å². The topological polar surface area (TPSA) is 80.5 Å². The highest BCUT2D eigenvalue weighted by Gasteiger charge is 2.48. The zero-order valence-corrected chi connectivity index (χ0v) is 16.6. The number of rotatable bonds is 2. The van der Waals surface area contributed by atoms with Crippen LogP contribution in [0.2, 0.25) is 0 Å². The summed E-state index contributed by atoms with van der Waals surface area (Å²) in [5.74, 6) is 1.14. The molecule has 0 N–H and O–H groups in total. The number of hydrogen-bond acceptors (Lipinski definition) is 5. The maximum atomic E-state index is 13.4. The Hall–Kier alpha value is -2.22. The van der Waals surface area contributed by atoms with E-state index in [4.69, 9.17) is 0 Å². The number of pyridine rings is 1. The van der Waals surface area contributed by atoms with E-state index in [0.717, 1.165) is 37.1 Å². The highest BCUT2D eigenvalue weighted by atomic mass is 32.2. The minimum atomic E-state index is -2.21. The maximum Gasteiger partial charge on any atom is 0.257 e. The molecule has 0 saturated carbocycles. The van der Waals surface area contributed by atoms with E-state index in [1.54, 1.807) is 30.3 Å². The molecule has 27 heavy (non-hydrogen) atoms. The second kappa shape index (κ2) is 6.74. The van der Waals surface area contributed by atoms with Crippen molar-refractivity contribution >= 4 is 15.6 Å². The molecular weight excluding hydrogens is 362 g/mol. The largest absolute Gasteiger partial charge is 0.332 e. The predicted molar refractivity (Wildman–Crippen MR) is 105 cm³/mol. The molecule has 0 aromatic carbocycles. The van der Waals surface area contributed by atoms with E-state index < -0.39 is 9.73 Å². The Kier molecular flexibility index (Phi) is 4.53. The van der Waals surface area contributed by atoms with Crippen molar-refractivity contribution in [1.29, 1.82) is 0 Å². The van der Waals surface area contributed by atoms with Crippen LogP contribution in [0.4, 0.5) is 0 Å². The number of aromatic nitrogens is 3. The minimum absolute atomic E-state index is 0.00920. The molecular formula is C19H25N5O2S. The second-order valence-corrected chi connectivity index (χ2v) is 10.1. The first-order chi connectivity index (χ1) is 13.0. The molecule has 2 saturated heterocycles. The van der Waals surface area contributed by atoms with Crippen LogP contribution in [0.5, 0.6) is 0 Å². The number of hydrogen-bond donors (Lipinski definition) is 0. The number of amides is 1. The van der Waals surface area contributed by atoms with E-state index in [0.29, 0.717) is 23.6 Å². The van der Waals surface area contributed by atoms with Crippen LogP contribution in [0.3, 0.4) is 0 Å². The maximum absolute atomic E-state index is 13.4. The monoisotopic (exact) mass is 387 g/mol. The lowest BCUT2D eigenvalue weighted by molar-refractivity contribution is 0.0608. The number of likely N-dealkylation sites (tertiary alicyclic amines) is 1. The van der Waals surface area contributed by atoms with Gasteiger partial charge >= 0.3 is 0 Å². The van der Waals surface area contributed by atoms with E-state index in [1.807, 2.05) is 24.0 Å². The lowest BCUT2D eigenvalue weighted by Gasteiger charge is -2.42. The van der Waals surface area contributed by atoms with E-state index in [1.165, 1.54) is 0 Å². The molecule has 2 fully saturated rings. The van der Waals surface area contributed by atoms with Gasteiger partial charge in [0, 0.05) is 41.5 Å². The number of carbonyl (C=O) groups excluding carboxylic acids is 1. The van der Waals surface area contributed by atoms with Gasteiger partial charge in [0.05, 0.1) is 34.4 Å². The Morgan fingerprint density at radius 1 is 1.26 bits per heavy atom. The summed E-state index contributed by atoms with van der Waals surface area (Å²) in [6, 6.07) is 3.73. The van der Waals surface area contributed by atoms with Crippen LogP contribution in [0.25, 0.3) is 5.69 Å². The lowest BCUT2D eigenvalue weighted by atomic mass is 9.92. The standard InChI is InChI=1S/C19H25N5O2S/c1-15-17(13-22-24(15)16-5-9-21-10-6-16)18(25)23-11-3-7-19(23)8-4-12-27(26,14-19)20-2/h5-6,9-10,13H,3-4,7-8,11-12,14H2,1-2H3. The van der Waals surface area contributed by atoms with Crippen LogP contribution in [0, 0.1) is 6.92 Å². The van der Waals surface area contributed by atoms with Crippen molar-refractivity contribution in [3.63, 3.8) is 0 Å². The number of nitrogens with zero attached hydrogens (tertiary/aromatic N) is 5. The second-order valence-electron chi connectivity index (χ2n) is 7.45. The quantitative estimate of drug-likeness (QED) is 0.793. The van der Waals surface area contributed by atoms with Crippen molar-refractivity contribution in [2.45, 2.75) is 38.1 Å². The van der Waals surface area contributed by atoms with Gasteiger partial charge in [-0.3, -0.25) is 9.78 Å². The minimum Gasteiger partial charge on any atom is -0.332 e. The SMILES string of the molecule is CN=S1(=O)CCCC2(CCCN2C(=O)c2cnn(-c3ccncc3)c2C)C1. The lowest BCUT2D eigenvalue weighted by Crippen LogP contribution is -2.54. The average molecular weight is 388 g/mol. The van der Waals surface area contributed by atoms with Gasteiger partial charge in [0.25, 0.3) is 5.91 Å². The molecule has 0 radical (unpaired) electrons. The highest BCUT2D eigenvalue weighted by Crippen LogP contribution is 2.39. The first-order valence-electron chi connectivity index (χ1n) is 9.36. The van der Waals surface area contributed by atoms with Crippen LogP contribution < -0.4 is 0 Å². The summed E-state index contributed by atoms with van der Waals surface area (Å²) in [6.45, 7) is 2.62. The average Bonchev–Trinajstić information content (AvgIpc) is 3.25. The van der Waals surface area contributed by atoms with Crippen molar-refractivity contribution < 1.29 is 9.00 Å². The first kappa shape index (κ1) is 18.2. The van der Waals surface area contributed by atoms with E-state index in [-0.39, 0.29) is 11.4 Å². The molecule has 2 aliphatic heterocycles. The zero-order valence-electron chi connectivity index (χ0n) is 15.8. The van der Waals surface area contributed by atoms with Crippen molar-refractivity contribution in [3.05, 3.63) is 42.0 Å². The van der Waals surface area contributed by atoms with Gasteiger partial charge in [0.1, 0.15) is 0 Å². The highest BCUT2D eigenvalue weighted by molar-refractivity contribution is 7.93. The molecule has 0 aliphatic carbocycles. The summed E-state index contributed by atoms with van der Waals surface area (Å²) < 4.78 is 18.9. The van der Waals surface area contributed by atoms with Gasteiger partial charge in [-0.05, 0) is 44.7 Å². The third-order valence-electron chi connectivity index (χ3n) is 5.92. The molecule has 4 heterocycles. The molecule has 8 heteroatoms. The first-order valence-corrected chi connectivity index (χ1v) is 11.2. The van der Waals surface area contributed by atoms with Crippen molar-refractivity contribution in [2.24, 2.45) is 4.36 Å². The molecule has 2 aromatic rings. The molecule has 2 unspecified atom stereocenters. The molecule has 1 amide bonds. The fourth-order valence-electron chi connectivity index (χ4n) is 4.52. The fourth-order valence-corrected chi connectivity index (χ4v) is 6.86. The van der Waals surface area contributed by atoms with Crippen LogP contribution in [0.15, 0.2) is 35.1 Å². The van der Waals surface area contributed by atoms with Crippen LogP contribution in [-0.2, 0) is 9.73 Å². The van der Waals surface area contributed by atoms with Crippen LogP contribution in [0.1, 0.15) is 41.7 Å². The number of carbonyl (C=O) groups is 1. The molecule has 1 spiro atoms. The molecule has 2 atom stereocenters. The van der Waals surface area contributed by atoms with Gasteiger partial charge in [0.15, 0.2) is 0 Å². The molecule has 2 aliphatic rings. The Bertz CT molecular complexity index is 977. The van der Waals surface area contributed by atoms with E-state index in [9.17, 15) is 9.00 Å². The zero-order chi connectivity index (χ0) is 19.1. The Morgan fingerprint density at radius 3 is 2.74 bits per heavy atom. The van der Waals surface area contributed by atoms with Gasteiger partial charge in [0.2, 0.25) is 0 Å². The molecule has 2 aromatic heterocycles. The van der Waals surface area contributed by atoms with Gasteiger partial charge in [-0.25, -0.2) is 13.3 Å². The van der Waals surface area contributed by atoms with E-state index in [2.05, 4.69) is 14.4 Å². The summed E-state index contributed by atoms with van der Waals surface area (Å²) in [7, 11) is -0.569. The van der Waals surface area contributed by atoms with E-state index >= 15 is 0 Å². The molecule has 0 bridgehead atoms. The van der Waals surface area contributed by atoms with Gasteiger partial charge in [-0.2, -0.15) is 5.10 Å². The van der Waals surface area contributed by atoms with Crippen molar-refractivity contribution in [3.8, 4) is 5.69 Å². The Morgan fingerprint density at radius 2 is 2.00 bits per heavy atom. The summed E-state index contributed by atoms with van der Waals surface area (Å²) in [5.41, 5.74) is 1.98. The molecule has 144 valence electrons. The summed E-state index contributed by atoms with van der Waals surface area (Å²) in [5, 5.41) is 4.42. The Balaban J connectivity index is 1.67. The smallest absolute Gasteiger partial charge is 0.257 e. The Labute approximate surface area is 160 Å². The van der Waals surface area contributed by atoms with Gasteiger partial charge in [-0.1, -0.05) is 0 Å². The molecule has 7 nitrogen and oxygen atoms in total.